The van der Waals surface area contributed by atoms with Crippen molar-refractivity contribution in [2.24, 2.45) is 0 Å². The van der Waals surface area contributed by atoms with Gasteiger partial charge in [-0.1, -0.05) is 24.3 Å². The van der Waals surface area contributed by atoms with Crippen molar-refractivity contribution in [2.75, 3.05) is 12.8 Å². The molecule has 3 rings (SSSR count). The van der Waals surface area contributed by atoms with Crippen LogP contribution in [-0.4, -0.2) is 33.4 Å². The lowest BCUT2D eigenvalue weighted by molar-refractivity contribution is 0.151. The Balaban J connectivity index is 2.16. The van der Waals surface area contributed by atoms with E-state index in [0.29, 0.717) is 18.5 Å². The van der Waals surface area contributed by atoms with Crippen LogP contribution < -0.4 is 5.32 Å². The summed E-state index contributed by atoms with van der Waals surface area (Å²) in [4.78, 5) is 0. The minimum absolute atomic E-state index is 0.0380. The molecule has 1 fully saturated rings. The van der Waals surface area contributed by atoms with Crippen LogP contribution in [0.1, 0.15) is 29.9 Å². The van der Waals surface area contributed by atoms with Gasteiger partial charge in [0.05, 0.1) is 6.26 Å². The lowest BCUT2D eigenvalue weighted by Crippen LogP contribution is -2.42. The molecule has 27 heavy (non-hydrogen) atoms. The molecule has 0 aromatic heterocycles. The van der Waals surface area contributed by atoms with Crippen LogP contribution in [0.3, 0.4) is 0 Å². The summed E-state index contributed by atoms with van der Waals surface area (Å²) in [6.45, 7) is 0.663. The third-order valence-corrected chi connectivity index (χ3v) is 5.23. The highest BCUT2D eigenvalue weighted by Crippen LogP contribution is 2.36. The SMILES string of the molecule is CS(=O)(=O)O[C@H]([C@H](c1ccc(F)cc1)c1cccc(F)c1F)[C@H]1CCCN1. The normalized spacial score (nSPS) is 19.8. The first-order chi connectivity index (χ1) is 12.8. The van der Waals surface area contributed by atoms with Gasteiger partial charge in [-0.2, -0.15) is 8.42 Å². The number of hydrogen-bond donors (Lipinski definition) is 1. The monoisotopic (exact) mass is 399 g/mol. The van der Waals surface area contributed by atoms with Gasteiger partial charge in [0, 0.05) is 17.5 Å². The molecule has 4 nitrogen and oxygen atoms in total. The summed E-state index contributed by atoms with van der Waals surface area (Å²) in [5, 5.41) is 3.17. The van der Waals surface area contributed by atoms with Crippen LogP contribution in [0.5, 0.6) is 0 Å². The Hall–Kier alpha value is -1.90. The first-order valence-corrected chi connectivity index (χ1v) is 10.4. The van der Waals surface area contributed by atoms with Crippen LogP contribution in [-0.2, 0) is 14.3 Å². The molecule has 1 aliphatic rings. The van der Waals surface area contributed by atoms with Crippen molar-refractivity contribution in [2.45, 2.75) is 30.9 Å². The van der Waals surface area contributed by atoms with Crippen LogP contribution in [0, 0.1) is 17.5 Å². The topological polar surface area (TPSA) is 55.4 Å². The maximum atomic E-state index is 14.6. The van der Waals surface area contributed by atoms with Gasteiger partial charge in [0.1, 0.15) is 11.9 Å². The summed E-state index contributed by atoms with van der Waals surface area (Å²) in [6.07, 6.45) is 1.33. The predicted octanol–water partition coefficient (Wildman–Crippen LogP) is 3.33. The zero-order valence-corrected chi connectivity index (χ0v) is 15.5. The first-order valence-electron chi connectivity index (χ1n) is 8.57. The minimum atomic E-state index is -3.88. The van der Waals surface area contributed by atoms with Crippen molar-refractivity contribution in [3.63, 3.8) is 0 Å². The van der Waals surface area contributed by atoms with E-state index in [9.17, 15) is 21.6 Å². The molecule has 8 heteroatoms. The fourth-order valence-electron chi connectivity index (χ4n) is 3.53. The smallest absolute Gasteiger partial charge is 0.264 e. The maximum absolute atomic E-state index is 14.6. The van der Waals surface area contributed by atoms with E-state index < -0.39 is 39.6 Å². The Morgan fingerprint density at radius 2 is 1.81 bits per heavy atom. The summed E-state index contributed by atoms with van der Waals surface area (Å²) >= 11 is 0. The molecular weight excluding hydrogens is 379 g/mol. The van der Waals surface area contributed by atoms with Crippen LogP contribution in [0.25, 0.3) is 0 Å². The molecule has 146 valence electrons. The summed E-state index contributed by atoms with van der Waals surface area (Å²) < 4.78 is 71.0. The number of benzene rings is 2. The molecule has 0 unspecified atom stereocenters. The molecule has 1 heterocycles. The number of nitrogens with one attached hydrogen (secondary N) is 1. The summed E-state index contributed by atoms with van der Waals surface area (Å²) in [7, 11) is -3.88. The molecule has 0 saturated carbocycles. The highest BCUT2D eigenvalue weighted by molar-refractivity contribution is 7.86. The van der Waals surface area contributed by atoms with Crippen LogP contribution in [0.15, 0.2) is 42.5 Å². The molecular formula is C19H20F3NO3S. The fourth-order valence-corrected chi connectivity index (χ4v) is 4.17. The molecule has 1 saturated heterocycles. The van der Waals surface area contributed by atoms with Gasteiger partial charge in [-0.25, -0.2) is 13.2 Å². The molecule has 0 amide bonds. The van der Waals surface area contributed by atoms with Crippen LogP contribution in [0.2, 0.25) is 0 Å². The van der Waals surface area contributed by atoms with Crippen molar-refractivity contribution in [1.82, 2.24) is 5.32 Å². The standard InChI is InChI=1S/C19H20F3NO3S/c1-27(24,25)26-19(16-6-3-11-23-16)17(12-7-9-13(20)10-8-12)14-4-2-5-15(21)18(14)22/h2,4-5,7-10,16-17,19,23H,3,6,11H2,1H3/t16-,17-,19+/m1/s1. The highest BCUT2D eigenvalue weighted by Gasteiger charge is 2.38. The Labute approximate surface area is 156 Å². The van der Waals surface area contributed by atoms with Gasteiger partial charge in [-0.3, -0.25) is 4.18 Å². The number of halogens is 3. The average Bonchev–Trinajstić information content (AvgIpc) is 3.13. The third-order valence-electron chi connectivity index (χ3n) is 4.66. The van der Waals surface area contributed by atoms with E-state index in [1.54, 1.807) is 0 Å². The number of rotatable bonds is 6. The molecule has 2 aromatic rings. The fraction of sp³-hybridized carbons (Fsp3) is 0.368. The van der Waals surface area contributed by atoms with Crippen molar-refractivity contribution in [1.29, 1.82) is 0 Å². The highest BCUT2D eigenvalue weighted by atomic mass is 32.2. The quantitative estimate of drug-likeness (QED) is 0.757. The molecule has 1 N–H and O–H groups in total. The second-order valence-electron chi connectivity index (χ2n) is 6.64. The summed E-state index contributed by atoms with van der Waals surface area (Å²) in [5.41, 5.74) is 0.396. The third kappa shape index (κ3) is 4.69. The lowest BCUT2D eigenvalue weighted by Gasteiger charge is -2.32. The Bertz CT molecular complexity index is 897. The van der Waals surface area contributed by atoms with Gasteiger partial charge in [0.25, 0.3) is 10.1 Å². The van der Waals surface area contributed by atoms with Gasteiger partial charge in [-0.15, -0.1) is 0 Å². The van der Waals surface area contributed by atoms with Crippen LogP contribution >= 0.6 is 0 Å². The predicted molar refractivity (Wildman–Crippen MR) is 95.3 cm³/mol. The number of hydrogen-bond acceptors (Lipinski definition) is 4. The molecule has 0 spiro atoms. The van der Waals surface area contributed by atoms with E-state index in [1.807, 2.05) is 0 Å². The van der Waals surface area contributed by atoms with E-state index in [4.69, 9.17) is 4.18 Å². The molecule has 0 bridgehead atoms. The second kappa shape index (κ2) is 8.00. The molecule has 0 radical (unpaired) electrons. The molecule has 2 aromatic carbocycles. The van der Waals surface area contributed by atoms with Gasteiger partial charge in [-0.05, 0) is 43.1 Å². The van der Waals surface area contributed by atoms with E-state index in [1.165, 1.54) is 36.4 Å². The Kier molecular flexibility index (Phi) is 5.88. The van der Waals surface area contributed by atoms with Gasteiger partial charge in [0.2, 0.25) is 0 Å². The van der Waals surface area contributed by atoms with Crippen molar-refractivity contribution < 1.29 is 25.8 Å². The summed E-state index contributed by atoms with van der Waals surface area (Å²) in [6, 6.07) is 8.59. The lowest BCUT2D eigenvalue weighted by atomic mass is 9.82. The van der Waals surface area contributed by atoms with E-state index in [-0.39, 0.29) is 11.6 Å². The zero-order valence-electron chi connectivity index (χ0n) is 14.7. The molecule has 0 aliphatic carbocycles. The molecule has 1 aliphatic heterocycles. The van der Waals surface area contributed by atoms with Gasteiger partial charge in [0.15, 0.2) is 11.6 Å². The molecule has 3 atom stereocenters. The minimum Gasteiger partial charge on any atom is -0.311 e. The largest absolute Gasteiger partial charge is 0.311 e. The van der Waals surface area contributed by atoms with E-state index >= 15 is 0 Å². The zero-order chi connectivity index (χ0) is 19.6. The summed E-state index contributed by atoms with van der Waals surface area (Å²) in [5.74, 6) is -3.55. The van der Waals surface area contributed by atoms with E-state index in [0.717, 1.165) is 18.7 Å². The van der Waals surface area contributed by atoms with Crippen LogP contribution in [0.4, 0.5) is 13.2 Å². The van der Waals surface area contributed by atoms with Gasteiger partial charge >= 0.3 is 0 Å². The average molecular weight is 399 g/mol. The Morgan fingerprint density at radius 1 is 1.11 bits per heavy atom. The Morgan fingerprint density at radius 3 is 2.41 bits per heavy atom. The first kappa shape index (κ1) is 19.9. The second-order valence-corrected chi connectivity index (χ2v) is 8.24. The van der Waals surface area contributed by atoms with E-state index in [2.05, 4.69) is 5.32 Å². The van der Waals surface area contributed by atoms with Crippen molar-refractivity contribution in [3.8, 4) is 0 Å². The maximum Gasteiger partial charge on any atom is 0.264 e. The van der Waals surface area contributed by atoms with Crippen molar-refractivity contribution >= 4 is 10.1 Å². The van der Waals surface area contributed by atoms with Gasteiger partial charge < -0.3 is 5.32 Å². The van der Waals surface area contributed by atoms with Crippen molar-refractivity contribution in [3.05, 3.63) is 71.0 Å².